The highest BCUT2D eigenvalue weighted by molar-refractivity contribution is 7.16. The molecule has 1 aliphatic rings. The van der Waals surface area contributed by atoms with Gasteiger partial charge in [0.1, 0.15) is 23.4 Å². The molecule has 1 aromatic carbocycles. The predicted molar refractivity (Wildman–Crippen MR) is 91.5 cm³/mol. The summed E-state index contributed by atoms with van der Waals surface area (Å²) < 4.78 is 12.9. The lowest BCUT2D eigenvalue weighted by Crippen LogP contribution is -3.08. The van der Waals surface area contributed by atoms with Gasteiger partial charge in [-0.25, -0.2) is 4.39 Å². The van der Waals surface area contributed by atoms with Crippen molar-refractivity contribution in [2.75, 3.05) is 18.9 Å². The maximum atomic E-state index is 12.9. The molecule has 0 saturated carbocycles. The first kappa shape index (κ1) is 16.6. The molecule has 1 atom stereocenters. The Bertz CT molecular complexity index is 792. The van der Waals surface area contributed by atoms with E-state index in [0.717, 1.165) is 35.3 Å². The van der Waals surface area contributed by atoms with Crippen molar-refractivity contribution in [2.24, 2.45) is 0 Å². The number of carbonyl (C=O) groups is 1. The lowest BCUT2D eigenvalue weighted by atomic mass is 10.1. The van der Waals surface area contributed by atoms with Crippen molar-refractivity contribution in [3.8, 4) is 6.07 Å². The SMILES string of the molecule is C[NH+](CC(=O)Nc1sc2c(c1C#N)CCC2)Cc1ccc(F)cc1. The highest BCUT2D eigenvalue weighted by Crippen LogP contribution is 2.38. The minimum Gasteiger partial charge on any atom is -0.326 e. The second-order valence-corrected chi connectivity index (χ2v) is 7.26. The van der Waals surface area contributed by atoms with E-state index in [2.05, 4.69) is 11.4 Å². The van der Waals surface area contributed by atoms with Gasteiger partial charge in [0.15, 0.2) is 6.54 Å². The van der Waals surface area contributed by atoms with Gasteiger partial charge < -0.3 is 10.2 Å². The Morgan fingerprint density at radius 2 is 2.12 bits per heavy atom. The molecule has 0 spiro atoms. The third kappa shape index (κ3) is 3.64. The zero-order valence-electron chi connectivity index (χ0n) is 13.5. The van der Waals surface area contributed by atoms with E-state index in [4.69, 9.17) is 0 Å². The maximum Gasteiger partial charge on any atom is 0.280 e. The number of amides is 1. The Morgan fingerprint density at radius 3 is 2.83 bits per heavy atom. The molecule has 1 heterocycles. The first-order valence-electron chi connectivity index (χ1n) is 7.97. The number of thiophene rings is 1. The van der Waals surface area contributed by atoms with E-state index in [9.17, 15) is 14.4 Å². The minimum absolute atomic E-state index is 0.106. The van der Waals surface area contributed by atoms with Crippen molar-refractivity contribution in [1.29, 1.82) is 5.26 Å². The Morgan fingerprint density at radius 1 is 1.38 bits per heavy atom. The van der Waals surface area contributed by atoms with Crippen LogP contribution in [0.4, 0.5) is 9.39 Å². The van der Waals surface area contributed by atoms with Crippen LogP contribution in [-0.2, 0) is 24.2 Å². The first-order valence-corrected chi connectivity index (χ1v) is 8.78. The number of nitriles is 1. The van der Waals surface area contributed by atoms with Gasteiger partial charge in [0.05, 0.1) is 12.6 Å². The van der Waals surface area contributed by atoms with Crippen molar-refractivity contribution in [2.45, 2.75) is 25.8 Å². The number of halogens is 1. The van der Waals surface area contributed by atoms with E-state index in [1.807, 2.05) is 7.05 Å². The molecule has 1 aliphatic carbocycles. The van der Waals surface area contributed by atoms with E-state index in [1.54, 1.807) is 12.1 Å². The number of anilines is 1. The molecular formula is C18H19FN3OS+. The second-order valence-electron chi connectivity index (χ2n) is 6.16. The number of hydrogen-bond acceptors (Lipinski definition) is 3. The standard InChI is InChI=1S/C18H18FN3OS/c1-22(10-12-5-7-13(19)8-6-12)11-17(23)21-18-15(9-20)14-3-2-4-16(14)24-18/h5-8H,2-4,10-11H2,1H3,(H,21,23)/p+1. The summed E-state index contributed by atoms with van der Waals surface area (Å²) in [6.07, 6.45) is 3.02. The van der Waals surface area contributed by atoms with Crippen LogP contribution in [0.1, 0.15) is 28.0 Å². The van der Waals surface area contributed by atoms with E-state index in [-0.39, 0.29) is 11.7 Å². The zero-order chi connectivity index (χ0) is 17.1. The number of rotatable bonds is 5. The van der Waals surface area contributed by atoms with Gasteiger partial charge in [-0.15, -0.1) is 11.3 Å². The Balaban J connectivity index is 1.60. The quantitative estimate of drug-likeness (QED) is 0.870. The molecule has 24 heavy (non-hydrogen) atoms. The molecule has 2 N–H and O–H groups in total. The third-order valence-electron chi connectivity index (χ3n) is 4.17. The molecular weight excluding hydrogens is 325 g/mol. The molecule has 3 rings (SSSR count). The summed E-state index contributed by atoms with van der Waals surface area (Å²) in [6, 6.07) is 8.55. The third-order valence-corrected chi connectivity index (χ3v) is 5.37. The van der Waals surface area contributed by atoms with Crippen molar-refractivity contribution >= 4 is 22.2 Å². The molecule has 0 radical (unpaired) electrons. The zero-order valence-corrected chi connectivity index (χ0v) is 14.3. The van der Waals surface area contributed by atoms with Crippen LogP contribution in [0.3, 0.4) is 0 Å². The molecule has 1 unspecified atom stereocenters. The van der Waals surface area contributed by atoms with Crippen molar-refractivity contribution in [3.63, 3.8) is 0 Å². The molecule has 1 amide bonds. The number of carbonyl (C=O) groups excluding carboxylic acids is 1. The van der Waals surface area contributed by atoms with Crippen LogP contribution in [0.15, 0.2) is 24.3 Å². The summed E-state index contributed by atoms with van der Waals surface area (Å²) in [5.74, 6) is -0.366. The average Bonchev–Trinajstić information content (AvgIpc) is 3.09. The van der Waals surface area contributed by atoms with Crippen LogP contribution in [0.5, 0.6) is 0 Å². The Kier molecular flexibility index (Phi) is 4.93. The van der Waals surface area contributed by atoms with Gasteiger partial charge in [0, 0.05) is 10.4 Å². The fraction of sp³-hybridized carbons (Fsp3) is 0.333. The summed E-state index contributed by atoms with van der Waals surface area (Å²) in [5, 5.41) is 12.9. The number of nitrogens with one attached hydrogen (secondary N) is 2. The fourth-order valence-corrected chi connectivity index (χ4v) is 4.32. The highest BCUT2D eigenvalue weighted by Gasteiger charge is 2.23. The van der Waals surface area contributed by atoms with E-state index < -0.39 is 0 Å². The number of hydrogen-bond donors (Lipinski definition) is 2. The van der Waals surface area contributed by atoms with Crippen molar-refractivity contribution < 1.29 is 14.1 Å². The van der Waals surface area contributed by atoms with Crippen molar-refractivity contribution in [1.82, 2.24) is 0 Å². The van der Waals surface area contributed by atoms with E-state index in [0.29, 0.717) is 23.7 Å². The summed E-state index contributed by atoms with van der Waals surface area (Å²) in [6.45, 7) is 0.935. The van der Waals surface area contributed by atoms with Gasteiger partial charge >= 0.3 is 0 Å². The Hall–Kier alpha value is -2.23. The van der Waals surface area contributed by atoms with Crippen molar-refractivity contribution in [3.05, 3.63) is 51.7 Å². The van der Waals surface area contributed by atoms with Crippen LogP contribution in [0.25, 0.3) is 0 Å². The van der Waals surface area contributed by atoms with Crippen LogP contribution >= 0.6 is 11.3 Å². The van der Waals surface area contributed by atoms with E-state index >= 15 is 0 Å². The molecule has 6 heteroatoms. The second kappa shape index (κ2) is 7.12. The van der Waals surface area contributed by atoms with Gasteiger partial charge in [-0.05, 0) is 37.0 Å². The predicted octanol–water partition coefficient (Wildman–Crippen LogP) is 1.90. The largest absolute Gasteiger partial charge is 0.326 e. The van der Waals surface area contributed by atoms with Crippen LogP contribution in [-0.4, -0.2) is 19.5 Å². The number of nitrogens with zero attached hydrogens (tertiary/aromatic N) is 1. The number of fused-ring (bicyclic) bond motifs is 1. The summed E-state index contributed by atoms with van der Waals surface area (Å²) >= 11 is 1.53. The van der Waals surface area contributed by atoms with Gasteiger partial charge in [-0.3, -0.25) is 4.79 Å². The molecule has 0 saturated heterocycles. The van der Waals surface area contributed by atoms with Crippen LogP contribution < -0.4 is 10.2 Å². The smallest absolute Gasteiger partial charge is 0.280 e. The van der Waals surface area contributed by atoms with Gasteiger partial charge in [0.2, 0.25) is 0 Å². The summed E-state index contributed by atoms with van der Waals surface area (Å²) in [5.41, 5.74) is 2.73. The van der Waals surface area contributed by atoms with Gasteiger partial charge in [-0.1, -0.05) is 12.1 Å². The topological polar surface area (TPSA) is 57.3 Å². The number of benzene rings is 1. The maximum absolute atomic E-state index is 12.9. The highest BCUT2D eigenvalue weighted by atomic mass is 32.1. The molecule has 0 bridgehead atoms. The lowest BCUT2D eigenvalue weighted by molar-refractivity contribution is -0.885. The van der Waals surface area contributed by atoms with Crippen LogP contribution in [0.2, 0.25) is 0 Å². The number of quaternary nitrogens is 1. The molecule has 4 nitrogen and oxygen atoms in total. The Labute approximate surface area is 144 Å². The normalized spacial score (nSPS) is 14.0. The molecule has 0 aliphatic heterocycles. The summed E-state index contributed by atoms with van der Waals surface area (Å²) in [7, 11) is 1.92. The molecule has 1 aromatic heterocycles. The monoisotopic (exact) mass is 344 g/mol. The molecule has 2 aromatic rings. The molecule has 124 valence electrons. The number of aryl methyl sites for hydroxylation is 1. The number of likely N-dealkylation sites (N-methyl/N-ethyl adjacent to an activating group) is 1. The first-order chi connectivity index (χ1) is 11.6. The molecule has 0 fully saturated rings. The average molecular weight is 344 g/mol. The van der Waals surface area contributed by atoms with Crippen LogP contribution in [0, 0.1) is 17.1 Å². The van der Waals surface area contributed by atoms with Gasteiger partial charge in [-0.2, -0.15) is 5.26 Å². The minimum atomic E-state index is -0.260. The van der Waals surface area contributed by atoms with Gasteiger partial charge in [0.25, 0.3) is 5.91 Å². The van der Waals surface area contributed by atoms with E-state index in [1.165, 1.54) is 28.3 Å². The summed E-state index contributed by atoms with van der Waals surface area (Å²) in [4.78, 5) is 14.5. The lowest BCUT2D eigenvalue weighted by Gasteiger charge is -2.13. The fourth-order valence-electron chi connectivity index (χ4n) is 3.07.